The lowest BCUT2D eigenvalue weighted by Crippen LogP contribution is -2.48. The fourth-order valence-corrected chi connectivity index (χ4v) is 2.96. The summed E-state index contributed by atoms with van der Waals surface area (Å²) in [7, 11) is 0. The minimum atomic E-state index is -0.841. The molecule has 110 valence electrons. The highest BCUT2D eigenvalue weighted by atomic mass is 16.4. The minimum absolute atomic E-state index is 0.0923. The Bertz CT molecular complexity index is 706. The minimum Gasteiger partial charge on any atom is -0.481 e. The second-order valence-electron chi connectivity index (χ2n) is 5.98. The van der Waals surface area contributed by atoms with Gasteiger partial charge in [-0.1, -0.05) is 0 Å². The van der Waals surface area contributed by atoms with Crippen molar-refractivity contribution in [3.8, 4) is 0 Å². The van der Waals surface area contributed by atoms with Crippen LogP contribution < -0.4 is 0 Å². The van der Waals surface area contributed by atoms with Crippen LogP contribution in [0.4, 0.5) is 0 Å². The van der Waals surface area contributed by atoms with E-state index in [4.69, 9.17) is 0 Å². The van der Waals surface area contributed by atoms with Crippen molar-refractivity contribution in [2.75, 3.05) is 13.1 Å². The van der Waals surface area contributed by atoms with E-state index in [0.29, 0.717) is 18.5 Å². The van der Waals surface area contributed by atoms with Crippen LogP contribution in [0, 0.1) is 5.41 Å². The molecule has 1 unspecified atom stereocenters. The highest BCUT2D eigenvalue weighted by Crippen LogP contribution is 2.30. The number of likely N-dealkylation sites (tertiary alicyclic amines) is 1. The van der Waals surface area contributed by atoms with Crippen molar-refractivity contribution < 1.29 is 14.7 Å². The van der Waals surface area contributed by atoms with Gasteiger partial charge in [0.25, 0.3) is 5.91 Å². The molecule has 1 fully saturated rings. The van der Waals surface area contributed by atoms with Crippen LogP contribution in [-0.2, 0) is 4.79 Å². The number of benzene rings is 1. The van der Waals surface area contributed by atoms with Crippen LogP contribution in [-0.4, -0.2) is 40.0 Å². The zero-order valence-corrected chi connectivity index (χ0v) is 11.9. The number of aliphatic carboxylic acids is 1. The molecule has 1 aliphatic heterocycles. The summed E-state index contributed by atoms with van der Waals surface area (Å²) in [5, 5.41) is 10.3. The van der Waals surface area contributed by atoms with E-state index in [9.17, 15) is 14.7 Å². The molecule has 2 aromatic rings. The van der Waals surface area contributed by atoms with Crippen molar-refractivity contribution in [2.24, 2.45) is 5.41 Å². The Morgan fingerprint density at radius 2 is 2.14 bits per heavy atom. The van der Waals surface area contributed by atoms with E-state index in [2.05, 4.69) is 4.98 Å². The maximum atomic E-state index is 12.6. The zero-order chi connectivity index (χ0) is 15.0. The van der Waals surface area contributed by atoms with Crippen molar-refractivity contribution in [3.63, 3.8) is 0 Å². The van der Waals surface area contributed by atoms with Crippen molar-refractivity contribution in [1.29, 1.82) is 0 Å². The highest BCUT2D eigenvalue weighted by Gasteiger charge is 2.39. The fourth-order valence-electron chi connectivity index (χ4n) is 2.96. The Labute approximate surface area is 122 Å². The second-order valence-corrected chi connectivity index (χ2v) is 5.98. The molecule has 1 atom stereocenters. The SMILES string of the molecule is CC1(C(=O)O)CCCN(C(=O)c2ccc3[nH]ccc3c2)C1. The number of piperidine rings is 1. The average molecular weight is 286 g/mol. The van der Waals surface area contributed by atoms with Gasteiger partial charge in [-0.25, -0.2) is 0 Å². The molecule has 3 rings (SSSR count). The first-order valence-corrected chi connectivity index (χ1v) is 7.09. The van der Waals surface area contributed by atoms with Crippen LogP contribution in [0.25, 0.3) is 10.9 Å². The molecular weight excluding hydrogens is 268 g/mol. The van der Waals surface area contributed by atoms with E-state index in [1.54, 1.807) is 17.9 Å². The first-order chi connectivity index (χ1) is 9.99. The Balaban J connectivity index is 1.85. The number of hydrogen-bond donors (Lipinski definition) is 2. The van der Waals surface area contributed by atoms with E-state index < -0.39 is 11.4 Å². The summed E-state index contributed by atoms with van der Waals surface area (Å²) < 4.78 is 0. The number of amides is 1. The molecule has 2 heterocycles. The molecule has 0 saturated carbocycles. The van der Waals surface area contributed by atoms with Gasteiger partial charge in [-0.15, -0.1) is 0 Å². The summed E-state index contributed by atoms with van der Waals surface area (Å²) in [6.07, 6.45) is 3.17. The number of nitrogens with one attached hydrogen (secondary N) is 1. The summed E-state index contributed by atoms with van der Waals surface area (Å²) in [5.74, 6) is -0.925. The first kappa shape index (κ1) is 13.7. The molecule has 1 amide bonds. The van der Waals surface area contributed by atoms with Crippen LogP contribution >= 0.6 is 0 Å². The molecule has 2 N–H and O–H groups in total. The van der Waals surface area contributed by atoms with Crippen molar-refractivity contribution in [2.45, 2.75) is 19.8 Å². The van der Waals surface area contributed by atoms with Gasteiger partial charge in [0, 0.05) is 35.8 Å². The van der Waals surface area contributed by atoms with Gasteiger partial charge < -0.3 is 15.0 Å². The van der Waals surface area contributed by atoms with E-state index in [0.717, 1.165) is 17.3 Å². The largest absolute Gasteiger partial charge is 0.481 e. The molecular formula is C16H18N2O3. The average Bonchev–Trinajstić information content (AvgIpc) is 2.93. The molecule has 21 heavy (non-hydrogen) atoms. The van der Waals surface area contributed by atoms with Gasteiger partial charge in [0.1, 0.15) is 0 Å². The number of aromatic nitrogens is 1. The summed E-state index contributed by atoms with van der Waals surface area (Å²) >= 11 is 0. The standard InChI is InChI=1S/C16H18N2O3/c1-16(15(20)21)6-2-8-18(10-16)14(19)12-3-4-13-11(9-12)5-7-17-13/h3-5,7,9,17H,2,6,8,10H2,1H3,(H,20,21). The number of aromatic amines is 1. The number of H-pyrrole nitrogens is 1. The van der Waals surface area contributed by atoms with E-state index in [1.807, 2.05) is 24.4 Å². The van der Waals surface area contributed by atoms with E-state index in [-0.39, 0.29) is 12.5 Å². The maximum absolute atomic E-state index is 12.6. The highest BCUT2D eigenvalue weighted by molar-refractivity contribution is 5.98. The molecule has 1 aromatic carbocycles. The molecule has 1 aliphatic rings. The van der Waals surface area contributed by atoms with E-state index >= 15 is 0 Å². The first-order valence-electron chi connectivity index (χ1n) is 7.09. The number of carbonyl (C=O) groups is 2. The van der Waals surface area contributed by atoms with E-state index in [1.165, 1.54) is 0 Å². The maximum Gasteiger partial charge on any atom is 0.311 e. The lowest BCUT2D eigenvalue weighted by atomic mass is 9.82. The molecule has 5 heteroatoms. The van der Waals surface area contributed by atoms with Crippen molar-refractivity contribution >= 4 is 22.8 Å². The third-order valence-electron chi connectivity index (χ3n) is 4.30. The molecule has 0 aliphatic carbocycles. The third kappa shape index (κ3) is 2.39. The van der Waals surface area contributed by atoms with Gasteiger partial charge in [0.05, 0.1) is 5.41 Å². The van der Waals surface area contributed by atoms with Crippen LogP contribution in [0.5, 0.6) is 0 Å². The predicted octanol–water partition coefficient (Wildman–Crippen LogP) is 2.49. The normalized spacial score (nSPS) is 22.4. The van der Waals surface area contributed by atoms with Crippen LogP contribution in [0.15, 0.2) is 30.5 Å². The summed E-state index contributed by atoms with van der Waals surface area (Å²) in [4.78, 5) is 28.7. The number of nitrogens with zero attached hydrogens (tertiary/aromatic N) is 1. The van der Waals surface area contributed by atoms with Crippen molar-refractivity contribution in [3.05, 3.63) is 36.0 Å². The van der Waals surface area contributed by atoms with Crippen molar-refractivity contribution in [1.82, 2.24) is 9.88 Å². The topological polar surface area (TPSA) is 73.4 Å². The number of hydrogen-bond acceptors (Lipinski definition) is 2. The Kier molecular flexibility index (Phi) is 3.20. The van der Waals surface area contributed by atoms with Gasteiger partial charge in [-0.2, -0.15) is 0 Å². The Morgan fingerprint density at radius 1 is 1.33 bits per heavy atom. The van der Waals surface area contributed by atoms with Crippen LogP contribution in [0.1, 0.15) is 30.1 Å². The summed E-state index contributed by atoms with van der Waals surface area (Å²) in [6, 6.07) is 7.43. The molecule has 0 bridgehead atoms. The van der Waals surface area contributed by atoms with Crippen LogP contribution in [0.2, 0.25) is 0 Å². The van der Waals surface area contributed by atoms with Gasteiger partial charge in [0.2, 0.25) is 0 Å². The van der Waals surface area contributed by atoms with Gasteiger partial charge in [-0.05, 0) is 44.0 Å². The number of carboxylic acid groups (broad SMARTS) is 1. The lowest BCUT2D eigenvalue weighted by Gasteiger charge is -2.37. The van der Waals surface area contributed by atoms with Crippen LogP contribution in [0.3, 0.4) is 0 Å². The molecule has 5 nitrogen and oxygen atoms in total. The van der Waals surface area contributed by atoms with Gasteiger partial charge in [-0.3, -0.25) is 9.59 Å². The summed E-state index contributed by atoms with van der Waals surface area (Å²) in [6.45, 7) is 2.60. The van der Waals surface area contributed by atoms with Gasteiger partial charge >= 0.3 is 5.97 Å². The predicted molar refractivity (Wildman–Crippen MR) is 79.2 cm³/mol. The monoisotopic (exact) mass is 286 g/mol. The number of rotatable bonds is 2. The summed E-state index contributed by atoms with van der Waals surface area (Å²) in [5.41, 5.74) is 0.754. The second kappa shape index (κ2) is 4.91. The number of fused-ring (bicyclic) bond motifs is 1. The molecule has 1 saturated heterocycles. The molecule has 0 spiro atoms. The molecule has 0 radical (unpaired) electrons. The third-order valence-corrected chi connectivity index (χ3v) is 4.30. The molecule has 1 aromatic heterocycles. The Morgan fingerprint density at radius 3 is 2.90 bits per heavy atom. The number of carbonyl (C=O) groups excluding carboxylic acids is 1. The van der Waals surface area contributed by atoms with Gasteiger partial charge in [0.15, 0.2) is 0 Å². The Hall–Kier alpha value is -2.30. The zero-order valence-electron chi connectivity index (χ0n) is 11.9. The number of carboxylic acids is 1. The quantitative estimate of drug-likeness (QED) is 0.890. The lowest BCUT2D eigenvalue weighted by molar-refractivity contribution is -0.150. The fraction of sp³-hybridized carbons (Fsp3) is 0.375. The smallest absolute Gasteiger partial charge is 0.311 e.